The van der Waals surface area contributed by atoms with Gasteiger partial charge in [-0.3, -0.25) is 4.79 Å². The zero-order valence-corrected chi connectivity index (χ0v) is 12.0. The SMILES string of the molecule is Cc1ccc(C)c(O[C@H](C)C(=O)Nc2ccccc2)c1. The molecule has 2 rings (SSSR count). The van der Waals surface area contributed by atoms with Crippen LogP contribution in [0.2, 0.25) is 0 Å². The number of amides is 1. The summed E-state index contributed by atoms with van der Waals surface area (Å²) < 4.78 is 5.75. The fraction of sp³-hybridized carbons (Fsp3) is 0.235. The molecule has 0 aromatic heterocycles. The minimum Gasteiger partial charge on any atom is -0.481 e. The zero-order valence-electron chi connectivity index (χ0n) is 12.0. The number of carbonyl (C=O) groups excluding carboxylic acids is 1. The van der Waals surface area contributed by atoms with Crippen LogP contribution in [0.5, 0.6) is 5.75 Å². The lowest BCUT2D eigenvalue weighted by molar-refractivity contribution is -0.122. The Kier molecular flexibility index (Phi) is 4.41. The first kappa shape index (κ1) is 14.1. The third kappa shape index (κ3) is 3.60. The predicted octanol–water partition coefficient (Wildman–Crippen LogP) is 3.71. The molecule has 0 saturated carbocycles. The number of aryl methyl sites for hydroxylation is 2. The van der Waals surface area contributed by atoms with Gasteiger partial charge in [0, 0.05) is 5.69 Å². The number of benzene rings is 2. The average molecular weight is 269 g/mol. The van der Waals surface area contributed by atoms with E-state index in [9.17, 15) is 4.79 Å². The summed E-state index contributed by atoms with van der Waals surface area (Å²) in [7, 11) is 0. The molecule has 1 amide bonds. The largest absolute Gasteiger partial charge is 0.481 e. The van der Waals surface area contributed by atoms with E-state index < -0.39 is 6.10 Å². The summed E-state index contributed by atoms with van der Waals surface area (Å²) in [4.78, 5) is 12.1. The number of para-hydroxylation sites is 1. The molecule has 0 aliphatic carbocycles. The second-order valence-electron chi connectivity index (χ2n) is 4.88. The Morgan fingerprint density at radius 1 is 1.10 bits per heavy atom. The van der Waals surface area contributed by atoms with Crippen LogP contribution in [0.1, 0.15) is 18.1 Å². The molecule has 0 bridgehead atoms. The summed E-state index contributed by atoms with van der Waals surface area (Å²) in [6.45, 7) is 5.72. The van der Waals surface area contributed by atoms with E-state index in [0.29, 0.717) is 0 Å². The van der Waals surface area contributed by atoms with Crippen molar-refractivity contribution in [2.75, 3.05) is 5.32 Å². The number of carbonyl (C=O) groups is 1. The van der Waals surface area contributed by atoms with Crippen LogP contribution < -0.4 is 10.1 Å². The van der Waals surface area contributed by atoms with Gasteiger partial charge < -0.3 is 10.1 Å². The van der Waals surface area contributed by atoms with Gasteiger partial charge in [0.1, 0.15) is 5.75 Å². The fourth-order valence-electron chi connectivity index (χ4n) is 1.84. The molecular formula is C17H19NO2. The van der Waals surface area contributed by atoms with E-state index in [2.05, 4.69) is 5.32 Å². The zero-order chi connectivity index (χ0) is 14.5. The molecule has 0 saturated heterocycles. The summed E-state index contributed by atoms with van der Waals surface area (Å²) in [6.07, 6.45) is -0.546. The van der Waals surface area contributed by atoms with Crippen molar-refractivity contribution in [2.45, 2.75) is 26.9 Å². The molecule has 0 radical (unpaired) electrons. The van der Waals surface area contributed by atoms with Crippen LogP contribution >= 0.6 is 0 Å². The predicted molar refractivity (Wildman–Crippen MR) is 81.1 cm³/mol. The molecule has 0 fully saturated rings. The first-order valence-corrected chi connectivity index (χ1v) is 6.66. The number of nitrogens with one attached hydrogen (secondary N) is 1. The van der Waals surface area contributed by atoms with Crippen molar-refractivity contribution in [1.29, 1.82) is 0 Å². The lowest BCUT2D eigenvalue weighted by Crippen LogP contribution is -2.30. The Hall–Kier alpha value is -2.29. The molecule has 3 nitrogen and oxygen atoms in total. The van der Waals surface area contributed by atoms with Crippen molar-refractivity contribution in [3.63, 3.8) is 0 Å². The molecular weight excluding hydrogens is 250 g/mol. The molecule has 2 aromatic carbocycles. The average Bonchev–Trinajstić information content (AvgIpc) is 2.44. The Morgan fingerprint density at radius 3 is 2.50 bits per heavy atom. The first-order valence-electron chi connectivity index (χ1n) is 6.66. The van der Waals surface area contributed by atoms with Crippen LogP contribution in [0.15, 0.2) is 48.5 Å². The molecule has 104 valence electrons. The monoisotopic (exact) mass is 269 g/mol. The molecule has 0 aliphatic rings. The highest BCUT2D eigenvalue weighted by molar-refractivity contribution is 5.94. The van der Waals surface area contributed by atoms with Crippen molar-refractivity contribution in [2.24, 2.45) is 0 Å². The quantitative estimate of drug-likeness (QED) is 0.919. The van der Waals surface area contributed by atoms with Crippen molar-refractivity contribution < 1.29 is 9.53 Å². The topological polar surface area (TPSA) is 38.3 Å². The summed E-state index contributed by atoms with van der Waals surface area (Å²) in [5.41, 5.74) is 2.91. The van der Waals surface area contributed by atoms with Crippen molar-refractivity contribution in [1.82, 2.24) is 0 Å². The van der Waals surface area contributed by atoms with Gasteiger partial charge in [-0.25, -0.2) is 0 Å². The number of anilines is 1. The van der Waals surface area contributed by atoms with E-state index in [1.165, 1.54) is 0 Å². The van der Waals surface area contributed by atoms with Gasteiger partial charge >= 0.3 is 0 Å². The minimum absolute atomic E-state index is 0.155. The van der Waals surface area contributed by atoms with E-state index in [1.807, 2.05) is 62.4 Å². The molecule has 2 aromatic rings. The van der Waals surface area contributed by atoms with Crippen LogP contribution in [-0.2, 0) is 4.79 Å². The van der Waals surface area contributed by atoms with E-state index in [4.69, 9.17) is 4.74 Å². The van der Waals surface area contributed by atoms with Crippen LogP contribution in [0, 0.1) is 13.8 Å². The minimum atomic E-state index is -0.546. The normalized spacial score (nSPS) is 11.8. The molecule has 0 spiro atoms. The lowest BCUT2D eigenvalue weighted by Gasteiger charge is -2.16. The summed E-state index contributed by atoms with van der Waals surface area (Å²) >= 11 is 0. The van der Waals surface area contributed by atoms with Crippen LogP contribution in [-0.4, -0.2) is 12.0 Å². The van der Waals surface area contributed by atoms with Crippen LogP contribution in [0.3, 0.4) is 0 Å². The van der Waals surface area contributed by atoms with Crippen LogP contribution in [0.4, 0.5) is 5.69 Å². The maximum Gasteiger partial charge on any atom is 0.265 e. The molecule has 0 heterocycles. The fourth-order valence-corrected chi connectivity index (χ4v) is 1.84. The van der Waals surface area contributed by atoms with Gasteiger partial charge in [-0.05, 0) is 50.1 Å². The summed E-state index contributed by atoms with van der Waals surface area (Å²) in [5.74, 6) is 0.595. The highest BCUT2D eigenvalue weighted by Gasteiger charge is 2.15. The van der Waals surface area contributed by atoms with Gasteiger partial charge in [0.15, 0.2) is 6.10 Å². The summed E-state index contributed by atoms with van der Waals surface area (Å²) in [5, 5.41) is 2.83. The van der Waals surface area contributed by atoms with Crippen molar-refractivity contribution in [3.8, 4) is 5.75 Å². The summed E-state index contributed by atoms with van der Waals surface area (Å²) in [6, 6.07) is 15.3. The Balaban J connectivity index is 2.02. The molecule has 3 heteroatoms. The number of ether oxygens (including phenoxy) is 1. The third-order valence-corrected chi connectivity index (χ3v) is 3.06. The van der Waals surface area contributed by atoms with Gasteiger partial charge in [-0.1, -0.05) is 30.3 Å². The lowest BCUT2D eigenvalue weighted by atomic mass is 10.1. The highest BCUT2D eigenvalue weighted by atomic mass is 16.5. The van der Waals surface area contributed by atoms with Gasteiger partial charge in [-0.2, -0.15) is 0 Å². The maximum atomic E-state index is 12.1. The number of rotatable bonds is 4. The molecule has 20 heavy (non-hydrogen) atoms. The number of hydrogen-bond donors (Lipinski definition) is 1. The highest BCUT2D eigenvalue weighted by Crippen LogP contribution is 2.20. The van der Waals surface area contributed by atoms with Gasteiger partial charge in [0.2, 0.25) is 0 Å². The van der Waals surface area contributed by atoms with Gasteiger partial charge in [-0.15, -0.1) is 0 Å². The van der Waals surface area contributed by atoms with Crippen molar-refractivity contribution in [3.05, 3.63) is 59.7 Å². The Bertz CT molecular complexity index is 593. The van der Waals surface area contributed by atoms with Gasteiger partial charge in [0.25, 0.3) is 5.91 Å². The third-order valence-electron chi connectivity index (χ3n) is 3.06. The number of hydrogen-bond acceptors (Lipinski definition) is 2. The molecule has 1 atom stereocenters. The van der Waals surface area contributed by atoms with Crippen molar-refractivity contribution >= 4 is 11.6 Å². The Labute approximate surface area is 119 Å². The second-order valence-corrected chi connectivity index (χ2v) is 4.88. The molecule has 0 unspecified atom stereocenters. The van der Waals surface area contributed by atoms with E-state index in [1.54, 1.807) is 6.92 Å². The molecule has 1 N–H and O–H groups in total. The van der Waals surface area contributed by atoms with E-state index in [0.717, 1.165) is 22.6 Å². The van der Waals surface area contributed by atoms with Crippen LogP contribution in [0.25, 0.3) is 0 Å². The van der Waals surface area contributed by atoms with E-state index >= 15 is 0 Å². The Morgan fingerprint density at radius 2 is 1.80 bits per heavy atom. The first-order chi connectivity index (χ1) is 9.56. The molecule has 0 aliphatic heterocycles. The van der Waals surface area contributed by atoms with Gasteiger partial charge in [0.05, 0.1) is 0 Å². The maximum absolute atomic E-state index is 12.1. The van der Waals surface area contributed by atoms with E-state index in [-0.39, 0.29) is 5.91 Å². The standard InChI is InChI=1S/C17H19NO2/c1-12-9-10-13(2)16(11-12)20-14(3)17(19)18-15-7-5-4-6-8-15/h4-11,14H,1-3H3,(H,18,19)/t14-/m1/s1. The smallest absolute Gasteiger partial charge is 0.265 e. The second kappa shape index (κ2) is 6.24.